The van der Waals surface area contributed by atoms with Gasteiger partial charge < -0.3 is 4.74 Å². The van der Waals surface area contributed by atoms with Crippen molar-refractivity contribution in [3.63, 3.8) is 0 Å². The number of esters is 1. The average molecular weight is 431 g/mol. The van der Waals surface area contributed by atoms with E-state index in [1.54, 1.807) is 12.1 Å². The van der Waals surface area contributed by atoms with E-state index in [4.69, 9.17) is 4.74 Å². The molecule has 2 aromatic carbocycles. The maximum absolute atomic E-state index is 14.9. The van der Waals surface area contributed by atoms with Gasteiger partial charge in [0.15, 0.2) is 11.6 Å². The van der Waals surface area contributed by atoms with Crippen LogP contribution in [-0.4, -0.2) is 5.97 Å². The Balaban J connectivity index is 1.41. The van der Waals surface area contributed by atoms with Gasteiger partial charge in [-0.1, -0.05) is 32.3 Å². The summed E-state index contributed by atoms with van der Waals surface area (Å²) < 4.78 is 46.3. The molecule has 2 aromatic rings. The number of carbonyl (C=O) groups is 1. The van der Waals surface area contributed by atoms with E-state index in [-0.39, 0.29) is 17.2 Å². The number of ether oxygens (including phenoxy) is 1. The molecule has 0 radical (unpaired) electrons. The van der Waals surface area contributed by atoms with Crippen LogP contribution in [-0.2, 0) is 0 Å². The molecule has 31 heavy (non-hydrogen) atoms. The number of carbonyl (C=O) groups excluding carboxylic acids is 1. The van der Waals surface area contributed by atoms with Crippen LogP contribution in [0.15, 0.2) is 36.4 Å². The topological polar surface area (TPSA) is 26.3 Å². The molecule has 0 heterocycles. The van der Waals surface area contributed by atoms with Crippen molar-refractivity contribution in [2.24, 2.45) is 17.8 Å². The van der Waals surface area contributed by atoms with Gasteiger partial charge in [0.1, 0.15) is 11.6 Å². The summed E-state index contributed by atoms with van der Waals surface area (Å²) in [5.74, 6) is -0.962. The zero-order valence-corrected chi connectivity index (χ0v) is 17.9. The first-order chi connectivity index (χ1) is 14.9. The molecule has 4 rings (SSSR count). The molecule has 2 nitrogen and oxygen atoms in total. The summed E-state index contributed by atoms with van der Waals surface area (Å²) in [6.45, 7) is 2.25. The summed E-state index contributed by atoms with van der Waals surface area (Å²) in [5, 5.41) is 0. The molecule has 4 atom stereocenters. The summed E-state index contributed by atoms with van der Waals surface area (Å²) in [6, 6.07) is 7.28. The van der Waals surface area contributed by atoms with E-state index < -0.39 is 23.4 Å². The second-order valence-corrected chi connectivity index (χ2v) is 9.20. The van der Waals surface area contributed by atoms with Crippen LogP contribution in [0.1, 0.15) is 80.1 Å². The molecule has 0 aromatic heterocycles. The predicted octanol–water partition coefficient (Wildman–Crippen LogP) is 7.42. The van der Waals surface area contributed by atoms with Crippen LogP contribution >= 0.6 is 0 Å². The minimum absolute atomic E-state index is 0.0553. The maximum Gasteiger partial charge on any atom is 0.343 e. The Kier molecular flexibility index (Phi) is 6.68. The van der Waals surface area contributed by atoms with E-state index in [1.807, 2.05) is 0 Å². The number of fused-ring (bicyclic) bond motifs is 1. The van der Waals surface area contributed by atoms with Crippen molar-refractivity contribution in [3.05, 3.63) is 65.0 Å². The van der Waals surface area contributed by atoms with Gasteiger partial charge in [0, 0.05) is 6.07 Å². The number of benzene rings is 2. The number of hydrogen-bond donors (Lipinski definition) is 0. The smallest absolute Gasteiger partial charge is 0.343 e. The molecule has 166 valence electrons. The Bertz CT molecular complexity index is 942. The lowest BCUT2D eigenvalue weighted by Gasteiger charge is -2.42. The number of hydrogen-bond acceptors (Lipinski definition) is 2. The van der Waals surface area contributed by atoms with E-state index in [9.17, 15) is 18.0 Å². The first-order valence-electron chi connectivity index (χ1n) is 11.4. The third-order valence-corrected chi connectivity index (χ3v) is 7.20. The van der Waals surface area contributed by atoms with Crippen molar-refractivity contribution < 1.29 is 22.7 Å². The third-order valence-electron chi connectivity index (χ3n) is 7.20. The lowest BCUT2D eigenvalue weighted by Crippen LogP contribution is -2.30. The highest BCUT2D eigenvalue weighted by Gasteiger charge is 2.36. The van der Waals surface area contributed by atoms with E-state index in [0.717, 1.165) is 49.3 Å². The zero-order valence-electron chi connectivity index (χ0n) is 17.9. The van der Waals surface area contributed by atoms with Gasteiger partial charge in [0.25, 0.3) is 0 Å². The highest BCUT2D eigenvalue weighted by atomic mass is 19.2. The average Bonchev–Trinajstić information content (AvgIpc) is 2.76. The molecule has 0 aliphatic heterocycles. The van der Waals surface area contributed by atoms with Gasteiger partial charge in [-0.15, -0.1) is 0 Å². The van der Waals surface area contributed by atoms with E-state index in [1.165, 1.54) is 38.2 Å². The van der Waals surface area contributed by atoms with Gasteiger partial charge in [-0.2, -0.15) is 0 Å². The summed E-state index contributed by atoms with van der Waals surface area (Å²) in [7, 11) is 0. The molecule has 0 bridgehead atoms. The van der Waals surface area contributed by atoms with E-state index >= 15 is 0 Å². The number of rotatable bonds is 5. The summed E-state index contributed by atoms with van der Waals surface area (Å²) in [5.41, 5.74) is 0.721. The van der Waals surface area contributed by atoms with Gasteiger partial charge in [-0.25, -0.2) is 18.0 Å². The SMILES string of the molecule is CCC[C@H]1CC[C@@H]2CC(c3ccc(C(=O)Oc4ccc(F)c(F)c4)cc3F)CC[C@H]2C1. The molecule has 0 amide bonds. The fraction of sp³-hybridized carbons (Fsp3) is 0.500. The van der Waals surface area contributed by atoms with Crippen LogP contribution in [0.4, 0.5) is 13.2 Å². The fourth-order valence-corrected chi connectivity index (χ4v) is 5.63. The van der Waals surface area contributed by atoms with Gasteiger partial charge in [-0.3, -0.25) is 0 Å². The van der Waals surface area contributed by atoms with Crippen LogP contribution in [0.5, 0.6) is 5.75 Å². The maximum atomic E-state index is 14.9. The molecule has 2 fully saturated rings. The Morgan fingerprint density at radius 2 is 1.68 bits per heavy atom. The molecule has 5 heteroatoms. The van der Waals surface area contributed by atoms with Crippen LogP contribution in [0.25, 0.3) is 0 Å². The lowest BCUT2D eigenvalue weighted by atomic mass is 9.63. The van der Waals surface area contributed by atoms with Gasteiger partial charge in [0.05, 0.1) is 5.56 Å². The molecule has 0 spiro atoms. The highest BCUT2D eigenvalue weighted by Crippen LogP contribution is 2.48. The van der Waals surface area contributed by atoms with Gasteiger partial charge in [0.2, 0.25) is 0 Å². The fourth-order valence-electron chi connectivity index (χ4n) is 5.63. The molecular formula is C26H29F3O2. The standard InChI is InChI=1S/C26H29F3O2/c1-2-3-16-4-5-18-13-19(7-6-17(18)12-16)22-10-8-20(14-24(22)28)26(30)31-21-9-11-23(27)25(29)15-21/h8-11,14-19H,2-7,12-13H2,1H3/t16-,17-,18+,19?/m0/s1. The lowest BCUT2D eigenvalue weighted by molar-refractivity contribution is 0.0733. The Hall–Kier alpha value is -2.30. The minimum atomic E-state index is -1.11. The molecule has 2 saturated carbocycles. The van der Waals surface area contributed by atoms with Crippen LogP contribution in [0.3, 0.4) is 0 Å². The van der Waals surface area contributed by atoms with Crippen LogP contribution in [0, 0.1) is 35.2 Å². The molecular weight excluding hydrogens is 401 g/mol. The van der Waals surface area contributed by atoms with E-state index in [2.05, 4.69) is 6.92 Å². The minimum Gasteiger partial charge on any atom is -0.423 e. The van der Waals surface area contributed by atoms with Crippen LogP contribution < -0.4 is 4.74 Å². The first kappa shape index (κ1) is 21.9. The van der Waals surface area contributed by atoms with Crippen LogP contribution in [0.2, 0.25) is 0 Å². The normalized spacial score (nSPS) is 25.7. The zero-order chi connectivity index (χ0) is 22.0. The van der Waals surface area contributed by atoms with Crippen molar-refractivity contribution in [2.45, 2.75) is 64.2 Å². The highest BCUT2D eigenvalue weighted by molar-refractivity contribution is 5.91. The second kappa shape index (κ2) is 9.46. The van der Waals surface area contributed by atoms with Gasteiger partial charge in [-0.05, 0) is 85.6 Å². The Morgan fingerprint density at radius 1 is 0.903 bits per heavy atom. The summed E-state index contributed by atoms with van der Waals surface area (Å²) >= 11 is 0. The quantitative estimate of drug-likeness (QED) is 0.364. The van der Waals surface area contributed by atoms with Crippen molar-refractivity contribution >= 4 is 5.97 Å². The molecule has 2 aliphatic carbocycles. The molecule has 0 N–H and O–H groups in total. The largest absolute Gasteiger partial charge is 0.423 e. The summed E-state index contributed by atoms with van der Waals surface area (Å²) in [4.78, 5) is 12.3. The summed E-state index contributed by atoms with van der Waals surface area (Å²) in [6.07, 6.45) is 9.57. The third kappa shape index (κ3) is 4.97. The Labute approximate surface area is 181 Å². The monoisotopic (exact) mass is 430 g/mol. The van der Waals surface area contributed by atoms with Crippen molar-refractivity contribution in [1.29, 1.82) is 0 Å². The second-order valence-electron chi connectivity index (χ2n) is 9.20. The van der Waals surface area contributed by atoms with Crippen molar-refractivity contribution in [3.8, 4) is 5.75 Å². The molecule has 1 unspecified atom stereocenters. The van der Waals surface area contributed by atoms with Crippen molar-refractivity contribution in [1.82, 2.24) is 0 Å². The van der Waals surface area contributed by atoms with Gasteiger partial charge >= 0.3 is 5.97 Å². The predicted molar refractivity (Wildman–Crippen MR) is 114 cm³/mol. The Morgan fingerprint density at radius 3 is 2.42 bits per heavy atom. The van der Waals surface area contributed by atoms with Crippen molar-refractivity contribution in [2.75, 3.05) is 0 Å². The first-order valence-corrected chi connectivity index (χ1v) is 11.4. The van der Waals surface area contributed by atoms with E-state index in [0.29, 0.717) is 11.5 Å². The number of halogens is 3. The molecule has 2 aliphatic rings. The molecule has 0 saturated heterocycles.